The molecule has 0 rings (SSSR count). The van der Waals surface area contributed by atoms with Crippen LogP contribution in [0.5, 0.6) is 0 Å². The van der Waals surface area contributed by atoms with Crippen LogP contribution in [0.25, 0.3) is 0 Å². The summed E-state index contributed by atoms with van der Waals surface area (Å²) in [6.07, 6.45) is 2.50. The van der Waals surface area contributed by atoms with E-state index in [4.69, 9.17) is 0 Å². The lowest BCUT2D eigenvalue weighted by Crippen LogP contribution is -2.60. The van der Waals surface area contributed by atoms with Crippen LogP contribution >= 0.6 is 0 Å². The normalized spacial score (nSPS) is 16.2. The highest BCUT2D eigenvalue weighted by molar-refractivity contribution is 4.77. The minimum atomic E-state index is 0.443. The Balaban J connectivity index is 4.04. The summed E-state index contributed by atoms with van der Waals surface area (Å²) in [5, 5.41) is 0. The molecule has 74 valence electrons. The zero-order valence-electron chi connectivity index (χ0n) is 9.70. The van der Waals surface area contributed by atoms with Crippen molar-refractivity contribution in [2.75, 3.05) is 0 Å². The van der Waals surface area contributed by atoms with Gasteiger partial charge in [-0.3, -0.25) is 0 Å². The highest BCUT2D eigenvalue weighted by Gasteiger charge is 2.27. The molecule has 0 amide bonds. The second kappa shape index (κ2) is 3.78. The first kappa shape index (κ1) is 12.0. The van der Waals surface area contributed by atoms with Gasteiger partial charge in [0.1, 0.15) is 0 Å². The summed E-state index contributed by atoms with van der Waals surface area (Å²) in [6, 6.07) is 0.572. The van der Waals surface area contributed by atoms with Gasteiger partial charge in [0.05, 0.1) is 6.04 Å². The minimum Gasteiger partial charge on any atom is -0.355 e. The maximum absolute atomic E-state index is 4.05. The highest BCUT2D eigenvalue weighted by Crippen LogP contribution is 2.35. The van der Waals surface area contributed by atoms with Gasteiger partial charge >= 0.3 is 0 Å². The molecule has 0 aromatic heterocycles. The SMILES string of the molecule is CC([NH3+])CC(C)(C)CC(C)(C)C. The largest absolute Gasteiger partial charge is 0.355 e. The van der Waals surface area contributed by atoms with E-state index in [1.54, 1.807) is 0 Å². The third kappa shape index (κ3) is 6.66. The zero-order valence-corrected chi connectivity index (χ0v) is 9.70. The summed E-state index contributed by atoms with van der Waals surface area (Å²) in [4.78, 5) is 0. The molecule has 0 spiro atoms. The molecule has 3 N–H and O–H groups in total. The quantitative estimate of drug-likeness (QED) is 0.677. The molecule has 12 heavy (non-hydrogen) atoms. The molecule has 0 radical (unpaired) electrons. The summed E-state index contributed by atoms with van der Waals surface area (Å²) < 4.78 is 0. The van der Waals surface area contributed by atoms with Crippen molar-refractivity contribution >= 4 is 0 Å². The van der Waals surface area contributed by atoms with Crippen LogP contribution in [-0.4, -0.2) is 6.04 Å². The Hall–Kier alpha value is -0.0400. The predicted octanol–water partition coefficient (Wildman–Crippen LogP) is 2.47. The Morgan fingerprint density at radius 2 is 1.50 bits per heavy atom. The topological polar surface area (TPSA) is 27.6 Å². The van der Waals surface area contributed by atoms with Gasteiger partial charge in [-0.25, -0.2) is 0 Å². The van der Waals surface area contributed by atoms with Crippen molar-refractivity contribution in [3.05, 3.63) is 0 Å². The van der Waals surface area contributed by atoms with Gasteiger partial charge in [0.25, 0.3) is 0 Å². The maximum Gasteiger partial charge on any atom is 0.0820 e. The molecule has 0 aromatic rings. The number of hydrogen-bond acceptors (Lipinski definition) is 0. The molecule has 0 saturated carbocycles. The van der Waals surface area contributed by atoms with Crippen molar-refractivity contribution in [1.29, 1.82) is 0 Å². The first-order valence-electron chi connectivity index (χ1n) is 4.95. The van der Waals surface area contributed by atoms with E-state index in [0.29, 0.717) is 16.9 Å². The Morgan fingerprint density at radius 1 is 1.08 bits per heavy atom. The van der Waals surface area contributed by atoms with E-state index in [0.717, 1.165) is 0 Å². The van der Waals surface area contributed by atoms with Crippen LogP contribution in [-0.2, 0) is 0 Å². The van der Waals surface area contributed by atoms with Gasteiger partial charge < -0.3 is 5.73 Å². The second-order valence-corrected chi connectivity index (χ2v) is 6.21. The predicted molar refractivity (Wildman–Crippen MR) is 54.8 cm³/mol. The molecule has 0 heterocycles. The van der Waals surface area contributed by atoms with E-state index >= 15 is 0 Å². The number of quaternary nitrogens is 1. The summed E-state index contributed by atoms with van der Waals surface area (Å²) in [6.45, 7) is 13.8. The van der Waals surface area contributed by atoms with Crippen LogP contribution in [0.2, 0.25) is 0 Å². The van der Waals surface area contributed by atoms with Crippen LogP contribution in [0.15, 0.2) is 0 Å². The van der Waals surface area contributed by atoms with Crippen molar-refractivity contribution in [2.24, 2.45) is 10.8 Å². The van der Waals surface area contributed by atoms with Crippen LogP contribution in [0.3, 0.4) is 0 Å². The fourth-order valence-electron chi connectivity index (χ4n) is 2.45. The van der Waals surface area contributed by atoms with Gasteiger partial charge in [-0.1, -0.05) is 34.6 Å². The lowest BCUT2D eigenvalue weighted by molar-refractivity contribution is -0.419. The summed E-state index contributed by atoms with van der Waals surface area (Å²) in [5.74, 6) is 0. The fraction of sp³-hybridized carbons (Fsp3) is 1.00. The molecule has 0 aliphatic heterocycles. The molecule has 1 heteroatoms. The number of rotatable bonds is 3. The Kier molecular flexibility index (Phi) is 3.77. The van der Waals surface area contributed by atoms with Gasteiger partial charge in [-0.2, -0.15) is 0 Å². The lowest BCUT2D eigenvalue weighted by Gasteiger charge is -2.32. The first-order chi connectivity index (χ1) is 5.12. The molecule has 0 aliphatic rings. The van der Waals surface area contributed by atoms with Crippen molar-refractivity contribution in [3.63, 3.8) is 0 Å². The second-order valence-electron chi connectivity index (χ2n) is 6.21. The fourth-order valence-corrected chi connectivity index (χ4v) is 2.45. The van der Waals surface area contributed by atoms with Crippen LogP contribution < -0.4 is 5.73 Å². The zero-order chi connectivity index (χ0) is 9.99. The molecular formula is C11H26N+. The average Bonchev–Trinajstić information content (AvgIpc) is 1.48. The van der Waals surface area contributed by atoms with Crippen molar-refractivity contribution in [2.45, 2.75) is 60.4 Å². The summed E-state index contributed by atoms with van der Waals surface area (Å²) in [7, 11) is 0. The molecule has 0 bridgehead atoms. The smallest absolute Gasteiger partial charge is 0.0820 e. The molecule has 1 unspecified atom stereocenters. The van der Waals surface area contributed by atoms with E-state index in [1.807, 2.05) is 0 Å². The van der Waals surface area contributed by atoms with Gasteiger partial charge in [0.15, 0.2) is 0 Å². The third-order valence-electron chi connectivity index (χ3n) is 1.91. The maximum atomic E-state index is 4.05. The number of hydrogen-bond donors (Lipinski definition) is 1. The van der Waals surface area contributed by atoms with Gasteiger partial charge in [-0.15, -0.1) is 0 Å². The minimum absolute atomic E-state index is 0.443. The molecule has 0 aliphatic carbocycles. The standard InChI is InChI=1S/C11H25N/c1-9(12)7-11(5,6)8-10(2,3)4/h9H,7-8,12H2,1-6H3/p+1. The van der Waals surface area contributed by atoms with E-state index in [2.05, 4.69) is 47.3 Å². The molecular weight excluding hydrogens is 146 g/mol. The van der Waals surface area contributed by atoms with Crippen molar-refractivity contribution in [3.8, 4) is 0 Å². The van der Waals surface area contributed by atoms with E-state index in [-0.39, 0.29) is 0 Å². The monoisotopic (exact) mass is 172 g/mol. The van der Waals surface area contributed by atoms with Gasteiger partial charge in [0, 0.05) is 6.42 Å². The Bertz CT molecular complexity index is 128. The third-order valence-corrected chi connectivity index (χ3v) is 1.91. The molecule has 0 fully saturated rings. The van der Waals surface area contributed by atoms with E-state index < -0.39 is 0 Å². The molecule has 0 aromatic carbocycles. The van der Waals surface area contributed by atoms with Crippen molar-refractivity contribution in [1.82, 2.24) is 0 Å². The van der Waals surface area contributed by atoms with Crippen LogP contribution in [0.4, 0.5) is 0 Å². The summed E-state index contributed by atoms with van der Waals surface area (Å²) >= 11 is 0. The van der Waals surface area contributed by atoms with Crippen LogP contribution in [0.1, 0.15) is 54.4 Å². The van der Waals surface area contributed by atoms with Gasteiger partial charge in [-0.05, 0) is 24.2 Å². The Morgan fingerprint density at radius 3 is 1.75 bits per heavy atom. The van der Waals surface area contributed by atoms with Crippen LogP contribution in [0, 0.1) is 10.8 Å². The Labute approximate surface area is 77.7 Å². The summed E-state index contributed by atoms with van der Waals surface area (Å²) in [5.41, 5.74) is 4.94. The molecule has 1 atom stereocenters. The van der Waals surface area contributed by atoms with Crippen molar-refractivity contribution < 1.29 is 5.73 Å². The lowest BCUT2D eigenvalue weighted by atomic mass is 9.73. The first-order valence-corrected chi connectivity index (χ1v) is 4.95. The van der Waals surface area contributed by atoms with E-state index in [9.17, 15) is 0 Å². The molecule has 1 nitrogen and oxygen atoms in total. The van der Waals surface area contributed by atoms with Gasteiger partial charge in [0.2, 0.25) is 0 Å². The average molecular weight is 172 g/mol. The highest BCUT2D eigenvalue weighted by atomic mass is 14.6. The molecule has 0 saturated heterocycles. The van der Waals surface area contributed by atoms with E-state index in [1.165, 1.54) is 12.8 Å².